The summed E-state index contributed by atoms with van der Waals surface area (Å²) in [5.41, 5.74) is -0.373. The topological polar surface area (TPSA) is 296 Å². The number of rotatable bonds is 26. The maximum Gasteiger partial charge on any atom is 0.418 e. The van der Waals surface area contributed by atoms with Crippen LogP contribution in [0.5, 0.6) is 0 Å². The van der Waals surface area contributed by atoms with Gasteiger partial charge in [-0.2, -0.15) is 0 Å². The second-order valence-electron chi connectivity index (χ2n) is 29.2. The number of aliphatic hydroxyl groups excluding tert-OH is 3. The smallest absolute Gasteiger partial charge is 0.418 e. The van der Waals surface area contributed by atoms with Crippen molar-refractivity contribution in [2.24, 2.45) is 71.0 Å². The van der Waals surface area contributed by atoms with Gasteiger partial charge < -0.3 is 86.3 Å². The molecule has 4 N–H and O–H groups in total. The fourth-order valence-electron chi connectivity index (χ4n) is 17.4. The number of carbonyl (C=O) groups is 5. The van der Waals surface area contributed by atoms with Crippen LogP contribution in [0.1, 0.15) is 69.4 Å². The zero-order chi connectivity index (χ0) is 71.3. The number of nitrogens with zero attached hydrogens (tertiary/aromatic N) is 1. The molecular weight excluding hydrogens is 1300 g/mol. The van der Waals surface area contributed by atoms with E-state index in [-0.39, 0.29) is 69.7 Å². The molecule has 2 saturated carbocycles. The lowest BCUT2D eigenvalue weighted by atomic mass is 9.56. The van der Waals surface area contributed by atoms with E-state index in [0.29, 0.717) is 5.69 Å². The quantitative estimate of drug-likeness (QED) is 0.0302. The van der Waals surface area contributed by atoms with E-state index in [4.69, 9.17) is 66.0 Å². The van der Waals surface area contributed by atoms with E-state index in [1.54, 1.807) is 45.7 Å². The molecule has 4 aliphatic heterocycles. The van der Waals surface area contributed by atoms with Gasteiger partial charge in [0.15, 0.2) is 8.32 Å². The number of hydrogen-bond acceptors (Lipinski definition) is 22. The summed E-state index contributed by atoms with van der Waals surface area (Å²) in [4.78, 5) is 71.5. The van der Waals surface area contributed by atoms with Gasteiger partial charge in [0.25, 0.3) is 0 Å². The number of ether oxygens (including phenoxy) is 13. The van der Waals surface area contributed by atoms with Gasteiger partial charge in [0.05, 0.1) is 70.3 Å². The molecule has 26 heteroatoms. The van der Waals surface area contributed by atoms with Crippen molar-refractivity contribution in [3.8, 4) is 0 Å². The van der Waals surface area contributed by atoms with Gasteiger partial charge in [0.1, 0.15) is 71.4 Å². The molecular formula is C72H108N2O22Si2. The minimum absolute atomic E-state index is 0.00348. The van der Waals surface area contributed by atoms with Crippen LogP contribution < -0.4 is 0 Å². The Labute approximate surface area is 578 Å². The Hall–Kier alpha value is -5.18. The molecule has 4 fully saturated rings. The fourth-order valence-corrected chi connectivity index (χ4v) is 21.0. The van der Waals surface area contributed by atoms with Crippen LogP contribution in [0.2, 0.25) is 43.8 Å². The van der Waals surface area contributed by atoms with Crippen LogP contribution in [0.4, 0.5) is 4.79 Å². The summed E-state index contributed by atoms with van der Waals surface area (Å²) in [6.07, 6.45) is 6.16. The summed E-state index contributed by atoms with van der Waals surface area (Å²) in [7, 11) is 5.62. The predicted octanol–water partition coefficient (Wildman–Crippen LogP) is 7.85. The Balaban J connectivity index is 0.000000241. The van der Waals surface area contributed by atoms with Crippen LogP contribution in [0, 0.1) is 71.0 Å². The molecule has 546 valence electrons. The number of aromatic nitrogens is 2. The largest absolute Gasteiger partial charge is 0.459 e. The zero-order valence-corrected chi connectivity index (χ0v) is 62.0. The van der Waals surface area contributed by atoms with E-state index in [1.807, 2.05) is 58.1 Å². The third-order valence-electron chi connectivity index (χ3n) is 22.4. The molecule has 98 heavy (non-hydrogen) atoms. The molecule has 0 radical (unpaired) electrons. The van der Waals surface area contributed by atoms with Crippen molar-refractivity contribution in [3.05, 3.63) is 95.6 Å². The molecule has 2 aromatic heterocycles. The van der Waals surface area contributed by atoms with Gasteiger partial charge in [-0.25, -0.2) is 19.0 Å². The summed E-state index contributed by atoms with van der Waals surface area (Å²) in [5.74, 6) is -8.65. The molecule has 4 aliphatic carbocycles. The SMILES string of the molecule is CC[Si](CC)(CC)O[C@H](COC)[C@H]1OC(=O)[C@H](COC)[C@H]2C=C[C@H]3[C@H]4O[C@]2(/C(C)=C/[C@H]1C)[C@@H]3[C@H](O)[C@@H](COC)[C@H]4OC(=O)c1cccn1C(=O)OCC[Si](C)(C)C.COC[C@@H]1[C@@H](O)[C@@H]2[C@H]3C=C[C@@H]4[C@@H](COC)C(=O)O[C@H]([C@H](O)COC)[C@H](C)/C=C(\C)[C@@]24O[C@H]3[C@@H]1OC(=O)c1ccc[nH]1. The van der Waals surface area contributed by atoms with Crippen molar-refractivity contribution in [2.45, 2.75) is 165 Å². The second kappa shape index (κ2) is 32.4. The van der Waals surface area contributed by atoms with Crippen molar-refractivity contribution >= 4 is 46.4 Å². The molecule has 2 aromatic rings. The van der Waals surface area contributed by atoms with E-state index >= 15 is 0 Å². The average molecular weight is 1410 g/mol. The highest BCUT2D eigenvalue weighted by molar-refractivity contribution is 6.76. The van der Waals surface area contributed by atoms with Crippen LogP contribution in [0.25, 0.3) is 0 Å². The summed E-state index contributed by atoms with van der Waals surface area (Å²) < 4.78 is 86.0. The molecule has 10 rings (SSSR count). The monoisotopic (exact) mass is 1410 g/mol. The van der Waals surface area contributed by atoms with Crippen LogP contribution in [0.15, 0.2) is 84.3 Å². The molecule has 24 atom stereocenters. The number of hydrogen-bond donors (Lipinski definition) is 4. The van der Waals surface area contributed by atoms with Gasteiger partial charge >= 0.3 is 30.0 Å². The summed E-state index contributed by atoms with van der Waals surface area (Å²) in [6.45, 7) is 21.7. The number of aliphatic hydroxyl groups is 3. The highest BCUT2D eigenvalue weighted by Gasteiger charge is 2.73. The zero-order valence-electron chi connectivity index (χ0n) is 60.0. The minimum atomic E-state index is -2.16. The number of cyclic esters (lactones) is 2. The van der Waals surface area contributed by atoms with Crippen LogP contribution in [-0.4, -0.2) is 232 Å². The lowest BCUT2D eigenvalue weighted by Crippen LogP contribution is -2.59. The number of esters is 4. The van der Waals surface area contributed by atoms with Gasteiger partial charge in [0, 0.05) is 122 Å². The Bertz CT molecular complexity index is 3170. The first kappa shape index (κ1) is 77.0. The van der Waals surface area contributed by atoms with Gasteiger partial charge in [-0.15, -0.1) is 0 Å². The lowest BCUT2D eigenvalue weighted by Gasteiger charge is -2.49. The summed E-state index contributed by atoms with van der Waals surface area (Å²) >= 11 is 0. The van der Waals surface area contributed by atoms with E-state index in [0.717, 1.165) is 39.9 Å². The first-order chi connectivity index (χ1) is 46.7. The van der Waals surface area contributed by atoms with Crippen molar-refractivity contribution in [2.75, 3.05) is 88.9 Å². The molecule has 2 saturated heterocycles. The first-order valence-electron chi connectivity index (χ1n) is 34.8. The molecule has 6 heterocycles. The minimum Gasteiger partial charge on any atom is -0.459 e. The van der Waals surface area contributed by atoms with Crippen molar-refractivity contribution < 1.29 is 105 Å². The second-order valence-corrected chi connectivity index (χ2v) is 39.6. The van der Waals surface area contributed by atoms with E-state index in [2.05, 4.69) is 51.5 Å². The Kier molecular flexibility index (Phi) is 25.5. The number of methoxy groups -OCH3 is 6. The Morgan fingerprint density at radius 3 is 1.60 bits per heavy atom. The number of H-pyrrole nitrogens is 1. The number of carbonyl (C=O) groups excluding carboxylic acids is 5. The first-order valence-corrected chi connectivity index (χ1v) is 41.1. The van der Waals surface area contributed by atoms with Gasteiger partial charge in [-0.3, -0.25) is 9.59 Å². The Morgan fingerprint density at radius 1 is 0.653 bits per heavy atom. The van der Waals surface area contributed by atoms with E-state index < -0.39 is 172 Å². The van der Waals surface area contributed by atoms with Gasteiger partial charge in [-0.1, -0.05) is 90.7 Å². The molecule has 8 bridgehead atoms. The number of aromatic amines is 1. The average Bonchev–Trinajstić information content (AvgIpc) is 1.53. The molecule has 8 aliphatic rings. The molecule has 24 nitrogen and oxygen atoms in total. The molecule has 2 spiro atoms. The van der Waals surface area contributed by atoms with Crippen LogP contribution >= 0.6 is 0 Å². The van der Waals surface area contributed by atoms with E-state index in [1.165, 1.54) is 33.6 Å². The van der Waals surface area contributed by atoms with Gasteiger partial charge in [-0.05, 0) is 73.4 Å². The summed E-state index contributed by atoms with van der Waals surface area (Å²) in [6, 6.07) is 9.98. The third-order valence-corrected chi connectivity index (χ3v) is 28.8. The summed E-state index contributed by atoms with van der Waals surface area (Å²) in [5, 5.41) is 35.4. The highest BCUT2D eigenvalue weighted by Crippen LogP contribution is 2.64. The van der Waals surface area contributed by atoms with Gasteiger partial charge in [0.2, 0.25) is 0 Å². The lowest BCUT2D eigenvalue weighted by molar-refractivity contribution is -0.173. The fraction of sp³-hybridized carbons (Fsp3) is 0.708. The Morgan fingerprint density at radius 2 is 1.14 bits per heavy atom. The predicted molar refractivity (Wildman–Crippen MR) is 364 cm³/mol. The standard InChI is InChI=1S/C42H67NO12Si2.C30H41NO10/c1-12-57(13-2,14-3)55-33(25-50-8)36-26(4)22-27(5)42-31(29(23-48-6)39(45)52-36)18-17-28-34(42)35(44)30(24-49-7)37(38(28)54-42)53-40(46)32-16-15-19-43(32)41(47)51-20-21-56(9,10)11;1-15-11-16(2)30-20(18(12-36-3)28(34)39-25(15)22(32)14-38-5)9-8-17-23(30)24(33)19(13-37-4)26(27(17)41-30)40-29(35)21-7-6-10-31-21/h15-19,22,26,28-31,33-38,44H,12-14,20-21,23-25H2,1-11H3;6-11,15,17-20,22-27,31-33H,12-14H2,1-5H3/b27-22+;16-11+/t26-,28-,29-,30-,31-,33-,34+,35-,36+,37-,38-,42+;15-,17-,18-,19-,20-,22-,23+,24-,25+,26-,27-,30+/m11/s1. The van der Waals surface area contributed by atoms with E-state index in [9.17, 15) is 39.3 Å². The maximum absolute atomic E-state index is 14.6. The maximum atomic E-state index is 14.6. The third kappa shape index (κ3) is 14.8. The van der Waals surface area contributed by atoms with Crippen LogP contribution in [0.3, 0.4) is 0 Å². The van der Waals surface area contributed by atoms with Crippen molar-refractivity contribution in [1.82, 2.24) is 9.55 Å². The molecule has 0 unspecified atom stereocenters. The molecule has 0 aromatic carbocycles. The van der Waals surface area contributed by atoms with Crippen molar-refractivity contribution in [1.29, 1.82) is 0 Å². The highest BCUT2D eigenvalue weighted by atomic mass is 28.4. The number of nitrogens with one attached hydrogen (secondary N) is 1. The molecule has 0 amide bonds. The van der Waals surface area contributed by atoms with Crippen molar-refractivity contribution in [3.63, 3.8) is 0 Å². The normalized spacial score (nSPS) is 37.2. The van der Waals surface area contributed by atoms with Crippen LogP contribution in [-0.2, 0) is 75.6 Å².